The van der Waals surface area contributed by atoms with E-state index in [4.69, 9.17) is 11.5 Å². The van der Waals surface area contributed by atoms with Gasteiger partial charge in [-0.3, -0.25) is 47.8 Å². The van der Waals surface area contributed by atoms with Crippen LogP contribution >= 0.6 is 18.9 Å². The molecule has 1 unspecified atom stereocenters. The Labute approximate surface area is 474 Å². The largest absolute Gasteiger partial charge is 0.399 e. The number of aryl methyl sites for hydroxylation is 1. The van der Waals surface area contributed by atoms with E-state index in [0.29, 0.717) is 77.7 Å². The van der Waals surface area contributed by atoms with Crippen LogP contribution in [0, 0.1) is 17.8 Å². The quantitative estimate of drug-likeness (QED) is 0.0302. The Kier molecular flexibility index (Phi) is 17.6. The smallest absolute Gasteiger partial charge is 0.370 e. The molecule has 23 heteroatoms. The second kappa shape index (κ2) is 24.6. The lowest BCUT2D eigenvalue weighted by molar-refractivity contribution is -0.137. The Bertz CT molecular complexity index is 3500. The maximum Gasteiger partial charge on any atom is 0.399 e. The van der Waals surface area contributed by atoms with Gasteiger partial charge in [-0.2, -0.15) is 8.78 Å². The zero-order valence-electron chi connectivity index (χ0n) is 44.4. The number of Topliss-reactive ketones (excluding diaryl/α,β-unsaturated/α-hetero) is 1. The third kappa shape index (κ3) is 12.6. The molecule has 4 aliphatic heterocycles. The number of para-hydroxylation sites is 1. The number of thiophene rings is 1. The van der Waals surface area contributed by atoms with Gasteiger partial charge in [-0.1, -0.05) is 66.4 Å². The summed E-state index contributed by atoms with van der Waals surface area (Å²) in [4.78, 5) is 144. The van der Waals surface area contributed by atoms with Crippen LogP contribution in [0.3, 0.4) is 0 Å². The zero-order valence-corrected chi connectivity index (χ0v) is 46.1. The SMILES string of the molecule is NC(=O)CC[C@H](NC(=O)[C@@H]1Cc2cccc3c2N1C(=O)[C@@H](NC(=O)c1cc2cc(C(F)(F)P(=O)(O)O)ccc2s1)CC3)C(=O)C[C@H](C(=O)N1CCC(CCC#Cc2ccc3c(c2)CN(C(CCC=O)C(N)=O)C3=O)CC1)c1ccccc1. The summed E-state index contributed by atoms with van der Waals surface area (Å²) < 4.78 is 41.1. The van der Waals surface area contributed by atoms with E-state index in [0.717, 1.165) is 41.0 Å². The number of nitrogens with two attached hydrogens (primary N) is 2. The van der Waals surface area contributed by atoms with E-state index in [2.05, 4.69) is 22.5 Å². The summed E-state index contributed by atoms with van der Waals surface area (Å²) in [5.41, 5.74) is 10.1. The van der Waals surface area contributed by atoms with Crippen molar-refractivity contribution < 1.29 is 66.3 Å². The molecule has 0 bridgehead atoms. The number of benzene rings is 4. The van der Waals surface area contributed by atoms with Crippen molar-refractivity contribution in [3.63, 3.8) is 0 Å². The summed E-state index contributed by atoms with van der Waals surface area (Å²) in [6.45, 7) is 1.03. The summed E-state index contributed by atoms with van der Waals surface area (Å²) in [6.07, 6.45) is 3.31. The average Bonchev–Trinajstić information content (AvgIpc) is 3.28. The van der Waals surface area contributed by atoms with Crippen LogP contribution in [0.25, 0.3) is 10.1 Å². The standard InChI is InChI=1S/C59H60F2N7O12PS/c60-59(61,81(78,79)80)41-17-21-49-39(29-41)31-50(82-49)55(74)65-45-19-16-37-12-6-13-38-30-47(68(52(37)38)58(45)77)54(73)64-44(20-22-51(62)71)48(70)32-43(36-10-2-1-3-11-36)56(75)66-25-23-34(24-26-66)8-4-5-9-35-15-18-42-40(28-35)33-67(57(42)76)46(53(63)72)14-7-27-69/h1-3,6,10-13,15,17-18,21,27-29,31,34,43-47H,4,7-8,14,16,19-20,22-26,30,32-33H2,(H2,62,71)(H2,63,72)(H,64,73)(H,65,74)(H2,78,79,80)/t43-,44-,45-,46?,47-/m0/s1. The molecule has 8 N–H and O–H groups in total. The Hall–Kier alpha value is -7.96. The predicted octanol–water partition coefficient (Wildman–Crippen LogP) is 5.48. The number of fused-ring (bicyclic) bond motifs is 2. The number of likely N-dealkylation sites (tertiary alicyclic amines) is 1. The maximum atomic E-state index is 14.7. The number of rotatable bonds is 21. The molecule has 0 spiro atoms. The lowest BCUT2D eigenvalue weighted by atomic mass is 9.87. The Morgan fingerprint density at radius 1 is 0.890 bits per heavy atom. The fourth-order valence-electron chi connectivity index (χ4n) is 11.4. The normalized spacial score (nSPS) is 18.1. The highest BCUT2D eigenvalue weighted by Gasteiger charge is 2.51. The zero-order chi connectivity index (χ0) is 58.6. The fraction of sp³-hybridized carbons (Fsp3) is 0.373. The number of ketones is 1. The third-order valence-corrected chi connectivity index (χ3v) is 17.9. The molecular formula is C59H60F2N7O12PS. The minimum Gasteiger partial charge on any atom is -0.370 e. The van der Waals surface area contributed by atoms with Crippen molar-refractivity contribution in [3.8, 4) is 11.8 Å². The van der Waals surface area contributed by atoms with E-state index in [1.165, 1.54) is 21.9 Å². The Morgan fingerprint density at radius 2 is 1.63 bits per heavy atom. The first-order chi connectivity index (χ1) is 39.1. The van der Waals surface area contributed by atoms with Gasteiger partial charge in [0.2, 0.25) is 29.5 Å². The number of nitrogens with zero attached hydrogens (tertiary/aromatic N) is 3. The molecule has 0 saturated carbocycles. The van der Waals surface area contributed by atoms with Crippen molar-refractivity contribution >= 4 is 88.1 Å². The van der Waals surface area contributed by atoms with E-state index in [-0.39, 0.29) is 79.5 Å². The molecule has 1 fully saturated rings. The van der Waals surface area contributed by atoms with Crippen LogP contribution in [0.4, 0.5) is 14.5 Å². The van der Waals surface area contributed by atoms with Crippen molar-refractivity contribution in [2.45, 2.75) is 119 Å². The molecule has 7 amide bonds. The van der Waals surface area contributed by atoms with Gasteiger partial charge in [-0.15, -0.1) is 11.3 Å². The van der Waals surface area contributed by atoms with Crippen molar-refractivity contribution in [1.29, 1.82) is 0 Å². The first-order valence-electron chi connectivity index (χ1n) is 27.0. The molecule has 4 aliphatic rings. The van der Waals surface area contributed by atoms with Gasteiger partial charge < -0.3 is 46.5 Å². The molecule has 4 aromatic carbocycles. The van der Waals surface area contributed by atoms with Crippen LogP contribution in [0.5, 0.6) is 0 Å². The number of carbonyl (C=O) groups is 9. The van der Waals surface area contributed by atoms with Gasteiger partial charge in [0.05, 0.1) is 22.5 Å². The van der Waals surface area contributed by atoms with Crippen LogP contribution in [-0.2, 0) is 63.2 Å². The number of anilines is 1. The van der Waals surface area contributed by atoms with Crippen LogP contribution in [0.1, 0.15) is 124 Å². The molecule has 5 atom stereocenters. The van der Waals surface area contributed by atoms with E-state index in [1.807, 2.05) is 12.1 Å². The number of piperidine rings is 1. The molecular weight excluding hydrogens is 1100 g/mol. The predicted molar refractivity (Wildman–Crippen MR) is 298 cm³/mol. The summed E-state index contributed by atoms with van der Waals surface area (Å²) in [5.74, 6) is 1.10. The Balaban J connectivity index is 0.841. The number of carbonyl (C=O) groups excluding carboxylic acids is 9. The van der Waals surface area contributed by atoms with Crippen molar-refractivity contribution in [3.05, 3.63) is 135 Å². The second-order valence-electron chi connectivity index (χ2n) is 21.1. The molecule has 0 radical (unpaired) electrons. The highest BCUT2D eigenvalue weighted by Crippen LogP contribution is 2.59. The number of halogens is 2. The second-order valence-corrected chi connectivity index (χ2v) is 23.9. The van der Waals surface area contributed by atoms with E-state index in [1.54, 1.807) is 59.5 Å². The fourth-order valence-corrected chi connectivity index (χ4v) is 12.8. The summed E-state index contributed by atoms with van der Waals surface area (Å²) in [6, 6.07) is 19.1. The van der Waals surface area contributed by atoms with E-state index in [9.17, 15) is 66.3 Å². The van der Waals surface area contributed by atoms with Gasteiger partial charge in [0.25, 0.3) is 11.8 Å². The molecule has 19 nitrogen and oxygen atoms in total. The van der Waals surface area contributed by atoms with E-state index >= 15 is 0 Å². The van der Waals surface area contributed by atoms with Gasteiger partial charge in [0, 0.05) is 73.1 Å². The van der Waals surface area contributed by atoms with Crippen LogP contribution in [-0.4, -0.2) is 110 Å². The number of hydrogen-bond acceptors (Lipinski definition) is 11. The molecule has 5 heterocycles. The summed E-state index contributed by atoms with van der Waals surface area (Å²) in [5, 5.41) is 5.67. The highest BCUT2D eigenvalue weighted by atomic mass is 32.1. The van der Waals surface area contributed by atoms with Crippen molar-refractivity contribution in [2.75, 3.05) is 18.0 Å². The van der Waals surface area contributed by atoms with Gasteiger partial charge in [0.1, 0.15) is 24.4 Å². The summed E-state index contributed by atoms with van der Waals surface area (Å²) >= 11 is 0.919. The van der Waals surface area contributed by atoms with Crippen molar-refractivity contribution in [2.24, 2.45) is 17.4 Å². The van der Waals surface area contributed by atoms with Gasteiger partial charge in [-0.05, 0) is 115 Å². The molecule has 1 saturated heterocycles. The average molecular weight is 1160 g/mol. The Morgan fingerprint density at radius 3 is 2.34 bits per heavy atom. The maximum absolute atomic E-state index is 14.7. The first kappa shape index (κ1) is 58.7. The molecule has 0 aliphatic carbocycles. The van der Waals surface area contributed by atoms with Gasteiger partial charge in [-0.25, -0.2) is 0 Å². The number of nitrogens with one attached hydrogen (secondary N) is 2. The minimum absolute atomic E-state index is 0.0277. The molecule has 1 aromatic heterocycles. The van der Waals surface area contributed by atoms with E-state index < -0.39 is 84.2 Å². The van der Waals surface area contributed by atoms with Gasteiger partial charge >= 0.3 is 13.3 Å². The van der Waals surface area contributed by atoms with Gasteiger partial charge in [0.15, 0.2) is 5.78 Å². The lowest BCUT2D eigenvalue weighted by Gasteiger charge is -2.34. The number of amides is 7. The lowest BCUT2D eigenvalue weighted by Crippen LogP contribution is -2.56. The molecule has 82 heavy (non-hydrogen) atoms. The molecule has 428 valence electrons. The molecule has 5 aromatic rings. The number of primary amides is 2. The summed E-state index contributed by atoms with van der Waals surface area (Å²) in [7, 11) is -5.87. The monoisotopic (exact) mass is 1160 g/mol. The number of aldehydes is 1. The number of alkyl halides is 2. The highest BCUT2D eigenvalue weighted by molar-refractivity contribution is 7.52. The minimum atomic E-state index is -5.87. The third-order valence-electron chi connectivity index (χ3n) is 15.8. The number of hydrogen-bond donors (Lipinski definition) is 6. The van der Waals surface area contributed by atoms with Crippen molar-refractivity contribution in [1.82, 2.24) is 20.4 Å². The first-order valence-corrected chi connectivity index (χ1v) is 29.4. The van der Waals surface area contributed by atoms with Crippen LogP contribution < -0.4 is 27.0 Å². The van der Waals surface area contributed by atoms with Crippen LogP contribution in [0.15, 0.2) is 91.0 Å². The van der Waals surface area contributed by atoms with Crippen LogP contribution in [0.2, 0.25) is 0 Å². The molecule has 9 rings (SSSR count). The topological polar surface area (TPSA) is 297 Å².